The summed E-state index contributed by atoms with van der Waals surface area (Å²) in [7, 11) is 0. The van der Waals surface area contributed by atoms with Crippen LogP contribution >= 0.6 is 45.5 Å². The Morgan fingerprint density at radius 3 is 2.93 bits per heavy atom. The van der Waals surface area contributed by atoms with Gasteiger partial charge in [0, 0.05) is 17.3 Å². The molecule has 0 aliphatic rings. The van der Waals surface area contributed by atoms with Gasteiger partial charge in [-0.05, 0) is 41.5 Å². The molecule has 84 valence electrons. The summed E-state index contributed by atoms with van der Waals surface area (Å²) in [6.07, 6.45) is 1.74. The molecule has 0 fully saturated rings. The van der Waals surface area contributed by atoms with E-state index in [0.717, 1.165) is 21.3 Å². The van der Waals surface area contributed by atoms with E-state index in [9.17, 15) is 4.79 Å². The zero-order valence-corrected chi connectivity index (χ0v) is 12.2. The van der Waals surface area contributed by atoms with E-state index in [-0.39, 0.29) is 11.9 Å². The first-order chi connectivity index (χ1) is 7.17. The van der Waals surface area contributed by atoms with Crippen LogP contribution in [0.1, 0.15) is 30.1 Å². The molecule has 1 rings (SSSR count). The number of thiophene rings is 1. The van der Waals surface area contributed by atoms with Gasteiger partial charge in [-0.25, -0.2) is 0 Å². The van der Waals surface area contributed by atoms with E-state index in [2.05, 4.69) is 34.8 Å². The molecule has 0 aliphatic heterocycles. The summed E-state index contributed by atoms with van der Waals surface area (Å²) in [6.45, 7) is 2.05. The van der Waals surface area contributed by atoms with Crippen molar-refractivity contribution in [1.82, 2.24) is 5.32 Å². The molecule has 0 saturated carbocycles. The number of hydrogen-bond donors (Lipinski definition) is 1. The summed E-state index contributed by atoms with van der Waals surface area (Å²) in [6, 6.07) is 2.08. The third-order valence-corrected chi connectivity index (χ3v) is 4.12. The third kappa shape index (κ3) is 4.28. The second-order valence-electron chi connectivity index (χ2n) is 3.20. The molecule has 15 heavy (non-hydrogen) atoms. The standard InChI is InChI=1S/C10H13ClINOS/c1-2-8(3-4-11)13-10(14)7-5-9(12)15-6-7/h5-6,8H,2-4H2,1H3,(H,13,14). The molecule has 1 unspecified atom stereocenters. The second-order valence-corrected chi connectivity index (χ2v) is 6.38. The van der Waals surface area contributed by atoms with Gasteiger partial charge in [-0.15, -0.1) is 22.9 Å². The lowest BCUT2D eigenvalue weighted by Gasteiger charge is -2.14. The van der Waals surface area contributed by atoms with Crippen molar-refractivity contribution in [3.8, 4) is 0 Å². The Morgan fingerprint density at radius 2 is 2.47 bits per heavy atom. The summed E-state index contributed by atoms with van der Waals surface area (Å²) >= 11 is 9.45. The maximum absolute atomic E-state index is 11.8. The molecular weight excluding hydrogens is 345 g/mol. The fraction of sp³-hybridized carbons (Fsp3) is 0.500. The smallest absolute Gasteiger partial charge is 0.252 e. The molecule has 2 nitrogen and oxygen atoms in total. The average molecular weight is 358 g/mol. The fourth-order valence-electron chi connectivity index (χ4n) is 1.21. The van der Waals surface area contributed by atoms with Crippen LogP contribution in [-0.2, 0) is 0 Å². The first-order valence-corrected chi connectivity index (χ1v) is 7.27. The van der Waals surface area contributed by atoms with Gasteiger partial charge in [-0.1, -0.05) is 6.92 Å². The van der Waals surface area contributed by atoms with Crippen LogP contribution in [0.25, 0.3) is 0 Å². The van der Waals surface area contributed by atoms with E-state index in [1.165, 1.54) is 0 Å². The van der Waals surface area contributed by atoms with Crippen molar-refractivity contribution in [3.05, 3.63) is 19.9 Å². The van der Waals surface area contributed by atoms with Crippen molar-refractivity contribution in [1.29, 1.82) is 0 Å². The van der Waals surface area contributed by atoms with Gasteiger partial charge in [0.05, 0.1) is 8.45 Å². The molecule has 1 N–H and O–H groups in total. The zero-order chi connectivity index (χ0) is 11.3. The molecule has 0 aliphatic carbocycles. The molecule has 0 saturated heterocycles. The van der Waals surface area contributed by atoms with Gasteiger partial charge in [0.25, 0.3) is 5.91 Å². The highest BCUT2D eigenvalue weighted by Gasteiger charge is 2.12. The number of halogens is 2. The van der Waals surface area contributed by atoms with Crippen LogP contribution in [0.3, 0.4) is 0 Å². The van der Waals surface area contributed by atoms with Gasteiger partial charge in [0.15, 0.2) is 0 Å². The van der Waals surface area contributed by atoms with Crippen molar-refractivity contribution in [2.75, 3.05) is 5.88 Å². The van der Waals surface area contributed by atoms with Gasteiger partial charge in [0.2, 0.25) is 0 Å². The molecule has 1 aromatic rings. The van der Waals surface area contributed by atoms with Crippen LogP contribution < -0.4 is 5.32 Å². The first-order valence-electron chi connectivity index (χ1n) is 4.78. The summed E-state index contributed by atoms with van der Waals surface area (Å²) < 4.78 is 1.13. The first kappa shape index (κ1) is 13.3. The normalized spacial score (nSPS) is 12.5. The van der Waals surface area contributed by atoms with E-state index in [0.29, 0.717) is 5.88 Å². The van der Waals surface area contributed by atoms with Crippen molar-refractivity contribution < 1.29 is 4.79 Å². The highest BCUT2D eigenvalue weighted by molar-refractivity contribution is 14.1. The Morgan fingerprint density at radius 1 is 1.73 bits per heavy atom. The number of alkyl halides is 1. The topological polar surface area (TPSA) is 29.1 Å². The molecule has 1 amide bonds. The Kier molecular flexibility index (Phi) is 5.92. The minimum absolute atomic E-state index is 0.00568. The molecular formula is C10H13ClINOS. The Hall–Kier alpha value is 0.190. The molecule has 0 aromatic carbocycles. The van der Waals surface area contributed by atoms with Gasteiger partial charge in [-0.3, -0.25) is 4.79 Å². The monoisotopic (exact) mass is 357 g/mol. The number of carbonyl (C=O) groups is 1. The summed E-state index contributed by atoms with van der Waals surface area (Å²) in [5.74, 6) is 0.589. The van der Waals surface area contributed by atoms with E-state index < -0.39 is 0 Å². The molecule has 1 heterocycles. The predicted octanol–water partition coefficient (Wildman–Crippen LogP) is 3.49. The van der Waals surface area contributed by atoms with Crippen LogP contribution in [-0.4, -0.2) is 17.8 Å². The highest BCUT2D eigenvalue weighted by Crippen LogP contribution is 2.16. The zero-order valence-electron chi connectivity index (χ0n) is 8.43. The molecule has 0 radical (unpaired) electrons. The molecule has 1 aromatic heterocycles. The van der Waals surface area contributed by atoms with Crippen molar-refractivity contribution in [3.63, 3.8) is 0 Å². The van der Waals surface area contributed by atoms with Crippen LogP contribution in [0.15, 0.2) is 11.4 Å². The minimum atomic E-state index is 0.00568. The fourth-order valence-corrected chi connectivity index (χ4v) is 2.80. The third-order valence-electron chi connectivity index (χ3n) is 2.12. The number of rotatable bonds is 5. The van der Waals surface area contributed by atoms with E-state index >= 15 is 0 Å². The predicted molar refractivity (Wildman–Crippen MR) is 73.9 cm³/mol. The Labute approximate surface area is 113 Å². The van der Waals surface area contributed by atoms with Gasteiger partial charge >= 0.3 is 0 Å². The quantitative estimate of drug-likeness (QED) is 0.634. The van der Waals surface area contributed by atoms with Gasteiger partial charge in [0.1, 0.15) is 0 Å². The number of amides is 1. The largest absolute Gasteiger partial charge is 0.349 e. The maximum Gasteiger partial charge on any atom is 0.252 e. The minimum Gasteiger partial charge on any atom is -0.349 e. The van der Waals surface area contributed by atoms with E-state index in [1.807, 2.05) is 11.4 Å². The number of carbonyl (C=O) groups excluding carboxylic acids is 1. The SMILES string of the molecule is CCC(CCCl)NC(=O)c1csc(I)c1. The molecule has 0 bridgehead atoms. The lowest BCUT2D eigenvalue weighted by molar-refractivity contribution is 0.0935. The summed E-state index contributed by atoms with van der Waals surface area (Å²) in [5, 5.41) is 4.86. The number of hydrogen-bond acceptors (Lipinski definition) is 2. The second kappa shape index (κ2) is 6.70. The van der Waals surface area contributed by atoms with E-state index in [1.54, 1.807) is 11.3 Å². The van der Waals surface area contributed by atoms with Crippen LogP contribution in [0, 0.1) is 2.88 Å². The molecule has 5 heteroatoms. The van der Waals surface area contributed by atoms with Gasteiger partial charge < -0.3 is 5.32 Å². The lowest BCUT2D eigenvalue weighted by atomic mass is 10.1. The van der Waals surface area contributed by atoms with Gasteiger partial charge in [-0.2, -0.15) is 0 Å². The van der Waals surface area contributed by atoms with Crippen molar-refractivity contribution in [2.45, 2.75) is 25.8 Å². The van der Waals surface area contributed by atoms with Crippen LogP contribution in [0.5, 0.6) is 0 Å². The Bertz CT molecular complexity index is 329. The highest BCUT2D eigenvalue weighted by atomic mass is 127. The number of nitrogens with one attached hydrogen (secondary N) is 1. The Balaban J connectivity index is 2.54. The maximum atomic E-state index is 11.8. The molecule has 1 atom stereocenters. The van der Waals surface area contributed by atoms with Crippen molar-refractivity contribution >= 4 is 51.4 Å². The summed E-state index contributed by atoms with van der Waals surface area (Å²) in [5.41, 5.74) is 0.748. The van der Waals surface area contributed by atoms with Crippen molar-refractivity contribution in [2.24, 2.45) is 0 Å². The lowest BCUT2D eigenvalue weighted by Crippen LogP contribution is -2.34. The average Bonchev–Trinajstić information content (AvgIpc) is 2.64. The van der Waals surface area contributed by atoms with Crippen LogP contribution in [0.2, 0.25) is 0 Å². The summed E-state index contributed by atoms with van der Waals surface area (Å²) in [4.78, 5) is 11.8. The molecule has 0 spiro atoms. The van der Waals surface area contributed by atoms with E-state index in [4.69, 9.17) is 11.6 Å². The van der Waals surface area contributed by atoms with Crippen LogP contribution in [0.4, 0.5) is 0 Å².